The Bertz CT molecular complexity index is 612. The van der Waals surface area contributed by atoms with E-state index in [2.05, 4.69) is 5.32 Å². The third-order valence-electron chi connectivity index (χ3n) is 6.36. The van der Waals surface area contributed by atoms with Gasteiger partial charge in [-0.2, -0.15) is 0 Å². The molecule has 2 aliphatic carbocycles. The fourth-order valence-electron chi connectivity index (χ4n) is 4.77. The van der Waals surface area contributed by atoms with Crippen LogP contribution in [0.2, 0.25) is 0 Å². The maximum absolute atomic E-state index is 12.4. The molecule has 3 atom stereocenters. The molecule has 3 aliphatic rings. The summed E-state index contributed by atoms with van der Waals surface area (Å²) in [6.45, 7) is 1.65. The number of nitrogens with zero attached hydrogens (tertiary/aromatic N) is 1. The van der Waals surface area contributed by atoms with E-state index in [0.29, 0.717) is 29.7 Å². The Hall–Kier alpha value is -1.84. The van der Waals surface area contributed by atoms with Crippen LogP contribution >= 0.6 is 0 Å². The summed E-state index contributed by atoms with van der Waals surface area (Å²) in [5.74, 6) is 2.13. The highest BCUT2D eigenvalue weighted by Gasteiger charge is 2.57. The van der Waals surface area contributed by atoms with Crippen LogP contribution in [0.1, 0.15) is 55.3 Å². The maximum atomic E-state index is 12.4. The first-order chi connectivity index (χ1) is 12.2. The number of carbonyl (C=O) groups is 2. The monoisotopic (exact) mass is 340 g/mol. The van der Waals surface area contributed by atoms with Gasteiger partial charge >= 0.3 is 0 Å². The summed E-state index contributed by atoms with van der Waals surface area (Å²) in [7, 11) is 0. The van der Waals surface area contributed by atoms with Crippen molar-refractivity contribution in [3.63, 3.8) is 0 Å². The second kappa shape index (κ2) is 7.19. The Balaban J connectivity index is 1.17. The number of rotatable bonds is 6. The Morgan fingerprint density at radius 3 is 2.40 bits per heavy atom. The lowest BCUT2D eigenvalue weighted by molar-refractivity contribution is -0.130. The number of hydrogen-bond donors (Lipinski definition) is 1. The van der Waals surface area contributed by atoms with Crippen LogP contribution in [0.3, 0.4) is 0 Å². The normalized spacial score (nSPS) is 28.0. The molecular formula is C21H28N2O2. The molecule has 25 heavy (non-hydrogen) atoms. The molecule has 4 rings (SSSR count). The molecule has 1 unspecified atom stereocenters. The molecule has 1 aromatic rings. The smallest absolute Gasteiger partial charge is 0.251 e. The predicted octanol–water partition coefficient (Wildman–Crippen LogP) is 3.23. The van der Waals surface area contributed by atoms with E-state index in [-0.39, 0.29) is 11.9 Å². The Morgan fingerprint density at radius 2 is 1.72 bits per heavy atom. The van der Waals surface area contributed by atoms with E-state index in [1.165, 1.54) is 32.1 Å². The number of nitrogens with one attached hydrogen (secondary N) is 1. The van der Waals surface area contributed by atoms with Crippen molar-refractivity contribution in [3.05, 3.63) is 35.9 Å². The second-order valence-electron chi connectivity index (χ2n) is 8.03. The minimum absolute atomic E-state index is 0.00874. The molecule has 0 spiro atoms. The van der Waals surface area contributed by atoms with E-state index in [4.69, 9.17) is 0 Å². The molecule has 0 radical (unpaired) electrons. The molecular weight excluding hydrogens is 312 g/mol. The molecule has 1 aromatic carbocycles. The first-order valence-corrected chi connectivity index (χ1v) is 9.86. The van der Waals surface area contributed by atoms with Gasteiger partial charge in [-0.25, -0.2) is 0 Å². The summed E-state index contributed by atoms with van der Waals surface area (Å²) in [4.78, 5) is 26.6. The average molecular weight is 340 g/mol. The summed E-state index contributed by atoms with van der Waals surface area (Å²) in [6.07, 6.45) is 8.47. The lowest BCUT2D eigenvalue weighted by atomic mass is 10.0. The van der Waals surface area contributed by atoms with E-state index < -0.39 is 0 Å². The molecule has 1 saturated heterocycles. The minimum atomic E-state index is 0.00874. The van der Waals surface area contributed by atoms with Gasteiger partial charge in [0.1, 0.15) is 0 Å². The largest absolute Gasteiger partial charge is 0.349 e. The highest BCUT2D eigenvalue weighted by Crippen LogP contribution is 2.45. The summed E-state index contributed by atoms with van der Waals surface area (Å²) in [5, 5.41) is 3.14. The number of amides is 2. The van der Waals surface area contributed by atoms with Crippen LogP contribution < -0.4 is 5.32 Å². The summed E-state index contributed by atoms with van der Waals surface area (Å²) in [5.41, 5.74) is 0.715. The minimum Gasteiger partial charge on any atom is -0.349 e. The van der Waals surface area contributed by atoms with Gasteiger partial charge in [-0.05, 0) is 30.9 Å². The molecule has 3 fully saturated rings. The highest BCUT2D eigenvalue weighted by molar-refractivity contribution is 5.94. The van der Waals surface area contributed by atoms with Gasteiger partial charge in [0.25, 0.3) is 5.91 Å². The highest BCUT2D eigenvalue weighted by atomic mass is 16.2. The standard InChI is InChI=1S/C21H28N2O2/c24-19(12-6-9-15-7-4-5-8-15)23-13-17-18(14-23)20(17)22-21(25)16-10-2-1-3-11-16/h1-3,10-11,15,17-18,20H,4-9,12-14H2,(H,22,25)/t17-,18+,20?. The zero-order valence-corrected chi connectivity index (χ0v) is 14.8. The fourth-order valence-corrected chi connectivity index (χ4v) is 4.77. The van der Waals surface area contributed by atoms with E-state index >= 15 is 0 Å². The summed E-state index contributed by atoms with van der Waals surface area (Å²) >= 11 is 0. The molecule has 2 amide bonds. The molecule has 0 aromatic heterocycles. The van der Waals surface area contributed by atoms with Gasteiger partial charge in [-0.15, -0.1) is 0 Å². The van der Waals surface area contributed by atoms with E-state index in [1.54, 1.807) is 0 Å². The number of piperidine rings is 1. The Kier molecular flexibility index (Phi) is 4.78. The van der Waals surface area contributed by atoms with Crippen molar-refractivity contribution in [1.82, 2.24) is 10.2 Å². The van der Waals surface area contributed by atoms with Crippen molar-refractivity contribution >= 4 is 11.8 Å². The zero-order chi connectivity index (χ0) is 17.2. The fraction of sp³-hybridized carbons (Fsp3) is 0.619. The van der Waals surface area contributed by atoms with Crippen LogP contribution in [0, 0.1) is 17.8 Å². The van der Waals surface area contributed by atoms with Crippen molar-refractivity contribution in [1.29, 1.82) is 0 Å². The summed E-state index contributed by atoms with van der Waals surface area (Å²) in [6, 6.07) is 9.62. The molecule has 1 aliphatic heterocycles. The van der Waals surface area contributed by atoms with Crippen LogP contribution in [-0.2, 0) is 4.79 Å². The number of fused-ring (bicyclic) bond motifs is 1. The molecule has 0 bridgehead atoms. The van der Waals surface area contributed by atoms with Crippen LogP contribution in [0.15, 0.2) is 30.3 Å². The van der Waals surface area contributed by atoms with Crippen LogP contribution in [0.4, 0.5) is 0 Å². The average Bonchev–Trinajstić information content (AvgIpc) is 3.07. The van der Waals surface area contributed by atoms with Gasteiger partial charge in [-0.1, -0.05) is 43.9 Å². The van der Waals surface area contributed by atoms with Crippen molar-refractivity contribution in [2.45, 2.75) is 51.0 Å². The van der Waals surface area contributed by atoms with E-state index in [1.807, 2.05) is 35.2 Å². The number of likely N-dealkylation sites (tertiary alicyclic amines) is 1. The van der Waals surface area contributed by atoms with Crippen LogP contribution in [0.5, 0.6) is 0 Å². The molecule has 1 heterocycles. The van der Waals surface area contributed by atoms with E-state index in [0.717, 1.165) is 25.4 Å². The van der Waals surface area contributed by atoms with Crippen molar-refractivity contribution in [2.24, 2.45) is 17.8 Å². The van der Waals surface area contributed by atoms with Crippen molar-refractivity contribution in [2.75, 3.05) is 13.1 Å². The van der Waals surface area contributed by atoms with Gasteiger partial charge in [-0.3, -0.25) is 9.59 Å². The lowest BCUT2D eigenvalue weighted by Gasteiger charge is -2.20. The van der Waals surface area contributed by atoms with Crippen molar-refractivity contribution < 1.29 is 9.59 Å². The third kappa shape index (κ3) is 3.73. The number of carbonyl (C=O) groups excluding carboxylic acids is 2. The van der Waals surface area contributed by atoms with Crippen LogP contribution in [-0.4, -0.2) is 35.8 Å². The number of benzene rings is 1. The van der Waals surface area contributed by atoms with Gasteiger partial charge < -0.3 is 10.2 Å². The SMILES string of the molecule is O=C(NC1[C@H]2CN(C(=O)CCCC3CCCC3)C[C@@H]12)c1ccccc1. The second-order valence-corrected chi connectivity index (χ2v) is 8.03. The molecule has 1 N–H and O–H groups in total. The zero-order valence-electron chi connectivity index (χ0n) is 14.8. The first kappa shape index (κ1) is 16.6. The van der Waals surface area contributed by atoms with E-state index in [9.17, 15) is 9.59 Å². The van der Waals surface area contributed by atoms with Crippen molar-refractivity contribution in [3.8, 4) is 0 Å². The first-order valence-electron chi connectivity index (χ1n) is 9.86. The third-order valence-corrected chi connectivity index (χ3v) is 6.36. The van der Waals surface area contributed by atoms with Gasteiger partial charge in [0.15, 0.2) is 0 Å². The molecule has 134 valence electrons. The maximum Gasteiger partial charge on any atom is 0.251 e. The Morgan fingerprint density at radius 1 is 1.04 bits per heavy atom. The summed E-state index contributed by atoms with van der Waals surface area (Å²) < 4.78 is 0. The van der Waals surface area contributed by atoms with Gasteiger partial charge in [0, 0.05) is 43.0 Å². The topological polar surface area (TPSA) is 49.4 Å². The van der Waals surface area contributed by atoms with Gasteiger partial charge in [0.2, 0.25) is 5.91 Å². The number of hydrogen-bond acceptors (Lipinski definition) is 2. The molecule has 2 saturated carbocycles. The quantitative estimate of drug-likeness (QED) is 0.864. The predicted molar refractivity (Wildman–Crippen MR) is 97.1 cm³/mol. The van der Waals surface area contributed by atoms with Gasteiger partial charge in [0.05, 0.1) is 0 Å². The molecule has 4 nitrogen and oxygen atoms in total. The van der Waals surface area contributed by atoms with Crippen LogP contribution in [0.25, 0.3) is 0 Å². The molecule has 4 heteroatoms. The Labute approximate surface area is 150 Å². The lowest BCUT2D eigenvalue weighted by Crippen LogP contribution is -2.37.